The van der Waals surface area contributed by atoms with Crippen molar-refractivity contribution in [3.63, 3.8) is 0 Å². The highest BCUT2D eigenvalue weighted by Gasteiger charge is 2.48. The lowest BCUT2D eigenvalue weighted by molar-refractivity contribution is -0.0981. The van der Waals surface area contributed by atoms with Crippen LogP contribution in [0.15, 0.2) is 122 Å². The molecule has 1 aliphatic heterocycles. The highest BCUT2D eigenvalue weighted by molar-refractivity contribution is 7.51. The minimum atomic E-state index is -4.02. The molecule has 4 atom stereocenters. The Hall–Kier alpha value is -5.98. The SMILES string of the molecule is COc1ccc(C(OC2CC(n3cnc4c(NC(=O)c5ccccc5)ncnc43)OC2COP(=O)(OCCC#N)N(C(C)C)C(C)C)(c2ccccc2)c2ccc(OC)cc2)cc1. The smallest absolute Gasteiger partial charge is 0.408 e. The molecule has 0 aliphatic carbocycles. The Morgan fingerprint density at radius 2 is 1.44 bits per heavy atom. The Kier molecular flexibility index (Phi) is 14.3. The number of amides is 1. The first-order chi connectivity index (χ1) is 30.5. The lowest BCUT2D eigenvalue weighted by atomic mass is 9.79. The van der Waals surface area contributed by atoms with Gasteiger partial charge in [0.05, 0.1) is 52.4 Å². The van der Waals surface area contributed by atoms with Gasteiger partial charge in [0.25, 0.3) is 5.91 Å². The molecule has 63 heavy (non-hydrogen) atoms. The maximum absolute atomic E-state index is 14.9. The molecule has 1 saturated heterocycles. The van der Waals surface area contributed by atoms with E-state index in [2.05, 4.69) is 26.3 Å². The van der Waals surface area contributed by atoms with E-state index in [0.29, 0.717) is 28.2 Å². The Bertz CT molecular complexity index is 2480. The number of fused-ring (bicyclic) bond motifs is 1. The molecule has 4 aromatic carbocycles. The molecule has 0 saturated carbocycles. The van der Waals surface area contributed by atoms with Crippen LogP contribution < -0.4 is 14.8 Å². The number of anilines is 1. The lowest BCUT2D eigenvalue weighted by Gasteiger charge is -2.40. The van der Waals surface area contributed by atoms with Crippen molar-refractivity contribution in [3.05, 3.63) is 144 Å². The number of ether oxygens (including phenoxy) is 4. The van der Waals surface area contributed by atoms with Crippen LogP contribution in [0.25, 0.3) is 11.2 Å². The molecular weight excluding hydrogens is 822 g/mol. The van der Waals surface area contributed by atoms with Gasteiger partial charge in [-0.05, 0) is 80.8 Å². The normalized spacial score (nSPS) is 17.5. The summed E-state index contributed by atoms with van der Waals surface area (Å²) >= 11 is 0. The van der Waals surface area contributed by atoms with E-state index in [4.69, 9.17) is 28.0 Å². The topological polar surface area (TPSA) is 172 Å². The van der Waals surface area contributed by atoms with Crippen LogP contribution in [0, 0.1) is 11.3 Å². The molecular formula is C47H52N7O8P. The van der Waals surface area contributed by atoms with Crippen LogP contribution in [-0.4, -0.2) is 81.8 Å². The predicted octanol–water partition coefficient (Wildman–Crippen LogP) is 8.93. The molecule has 0 spiro atoms. The highest BCUT2D eigenvalue weighted by atomic mass is 31.2. The van der Waals surface area contributed by atoms with E-state index in [9.17, 15) is 14.6 Å². The van der Waals surface area contributed by atoms with Crippen LogP contribution in [0.5, 0.6) is 11.5 Å². The molecule has 7 rings (SSSR count). The number of imidazole rings is 1. The molecule has 0 bridgehead atoms. The van der Waals surface area contributed by atoms with Crippen LogP contribution in [-0.2, 0) is 28.7 Å². The number of rotatable bonds is 19. The van der Waals surface area contributed by atoms with Gasteiger partial charge in [0, 0.05) is 24.1 Å². The van der Waals surface area contributed by atoms with E-state index in [1.165, 1.54) is 6.33 Å². The molecule has 4 unspecified atom stereocenters. The molecule has 3 heterocycles. The van der Waals surface area contributed by atoms with Gasteiger partial charge >= 0.3 is 7.75 Å². The van der Waals surface area contributed by atoms with Crippen molar-refractivity contribution in [2.24, 2.45) is 0 Å². The zero-order valence-electron chi connectivity index (χ0n) is 36.2. The van der Waals surface area contributed by atoms with Gasteiger partial charge in [-0.15, -0.1) is 0 Å². The fourth-order valence-electron chi connectivity index (χ4n) is 8.03. The van der Waals surface area contributed by atoms with E-state index in [0.717, 1.165) is 16.7 Å². The second kappa shape index (κ2) is 20.0. The summed E-state index contributed by atoms with van der Waals surface area (Å²) in [5, 5.41) is 12.2. The van der Waals surface area contributed by atoms with Crippen molar-refractivity contribution < 1.29 is 37.4 Å². The number of methoxy groups -OCH3 is 2. The van der Waals surface area contributed by atoms with Gasteiger partial charge in [-0.25, -0.2) is 24.2 Å². The van der Waals surface area contributed by atoms with Crippen LogP contribution in [0.4, 0.5) is 5.82 Å². The minimum Gasteiger partial charge on any atom is -0.497 e. The van der Waals surface area contributed by atoms with E-state index in [1.807, 2.05) is 113 Å². The monoisotopic (exact) mass is 873 g/mol. The minimum absolute atomic E-state index is 0.0256. The van der Waals surface area contributed by atoms with Crippen molar-refractivity contribution in [1.82, 2.24) is 24.2 Å². The van der Waals surface area contributed by atoms with Crippen LogP contribution >= 0.6 is 7.75 Å². The van der Waals surface area contributed by atoms with Crippen molar-refractivity contribution in [2.45, 2.75) is 76.7 Å². The fraction of sp³-hybridized carbons (Fsp3) is 0.340. The number of nitriles is 1. The second-order valence-electron chi connectivity index (χ2n) is 15.5. The Balaban J connectivity index is 1.33. The summed E-state index contributed by atoms with van der Waals surface area (Å²) in [7, 11) is -0.783. The molecule has 1 amide bonds. The third-order valence-electron chi connectivity index (χ3n) is 10.8. The molecule has 2 aromatic heterocycles. The molecule has 15 nitrogen and oxygen atoms in total. The number of nitrogens with zero attached hydrogens (tertiary/aromatic N) is 6. The van der Waals surface area contributed by atoms with Gasteiger partial charge < -0.3 is 24.3 Å². The summed E-state index contributed by atoms with van der Waals surface area (Å²) < 4.78 is 56.4. The summed E-state index contributed by atoms with van der Waals surface area (Å²) in [6, 6.07) is 35.8. The standard InChI is InChI=1S/C47H52N7O8P/c1-32(2)54(33(3)4)63(56,59-27-13-26-48)60-29-41-40(28-42(61-41)53-31-51-43-44(49-30-50-45(43)53)52-46(55)34-14-9-7-10-15-34)62-47(35-16-11-8-12-17-35,36-18-22-38(57-5)23-19-36)37-20-24-39(58-6)25-21-37/h7-12,14-25,30-33,40-42H,13,27-29H2,1-6H3,(H,49,50,52,55). The summed E-state index contributed by atoms with van der Waals surface area (Å²) in [4.78, 5) is 26.8. The zero-order chi connectivity index (χ0) is 44.6. The van der Waals surface area contributed by atoms with Gasteiger partial charge in [-0.2, -0.15) is 5.26 Å². The van der Waals surface area contributed by atoms with Crippen LogP contribution in [0.1, 0.15) is 73.8 Å². The van der Waals surface area contributed by atoms with Crippen molar-refractivity contribution in [2.75, 3.05) is 32.8 Å². The Morgan fingerprint density at radius 1 is 0.857 bits per heavy atom. The van der Waals surface area contributed by atoms with Crippen LogP contribution in [0.3, 0.4) is 0 Å². The summed E-state index contributed by atoms with van der Waals surface area (Å²) in [6.45, 7) is 7.36. The molecule has 1 aliphatic rings. The first kappa shape index (κ1) is 45.1. The van der Waals surface area contributed by atoms with Gasteiger partial charge in [-0.3, -0.25) is 18.4 Å². The molecule has 0 radical (unpaired) electrons. The molecule has 1 fully saturated rings. The molecule has 1 N–H and O–H groups in total. The number of carbonyl (C=O) groups is 1. The third-order valence-corrected chi connectivity index (χ3v) is 13.3. The summed E-state index contributed by atoms with van der Waals surface area (Å²) in [5.41, 5.74) is 2.43. The van der Waals surface area contributed by atoms with Gasteiger partial charge in [0.15, 0.2) is 17.0 Å². The van der Waals surface area contributed by atoms with Crippen molar-refractivity contribution >= 4 is 30.6 Å². The predicted molar refractivity (Wildman–Crippen MR) is 237 cm³/mol. The lowest BCUT2D eigenvalue weighted by Crippen LogP contribution is -2.41. The van der Waals surface area contributed by atoms with Crippen LogP contribution in [0.2, 0.25) is 0 Å². The average molecular weight is 874 g/mol. The first-order valence-electron chi connectivity index (χ1n) is 20.8. The largest absolute Gasteiger partial charge is 0.497 e. The molecule has 16 heteroatoms. The van der Waals surface area contributed by atoms with E-state index >= 15 is 0 Å². The molecule has 328 valence electrons. The number of nitrogens with one attached hydrogen (secondary N) is 1. The third kappa shape index (κ3) is 9.67. The summed E-state index contributed by atoms with van der Waals surface area (Å²) in [5.74, 6) is 1.23. The quantitative estimate of drug-likeness (QED) is 0.0465. The fourth-order valence-corrected chi connectivity index (χ4v) is 10.2. The van der Waals surface area contributed by atoms with E-state index < -0.39 is 31.8 Å². The maximum atomic E-state index is 14.9. The summed E-state index contributed by atoms with van der Waals surface area (Å²) in [6.07, 6.45) is 0.919. The Morgan fingerprint density at radius 3 is 2.02 bits per heavy atom. The number of aromatic nitrogens is 4. The van der Waals surface area contributed by atoms with Gasteiger partial charge in [0.1, 0.15) is 35.8 Å². The van der Waals surface area contributed by atoms with Gasteiger partial charge in [0.2, 0.25) is 0 Å². The highest BCUT2D eigenvalue weighted by Crippen LogP contribution is 2.55. The number of carbonyl (C=O) groups excluding carboxylic acids is 1. The van der Waals surface area contributed by atoms with Gasteiger partial charge in [-0.1, -0.05) is 72.8 Å². The second-order valence-corrected chi connectivity index (χ2v) is 17.4. The molecule has 6 aromatic rings. The average Bonchev–Trinajstić information content (AvgIpc) is 3.92. The van der Waals surface area contributed by atoms with Crippen molar-refractivity contribution in [1.29, 1.82) is 5.26 Å². The first-order valence-corrected chi connectivity index (χ1v) is 22.3. The van der Waals surface area contributed by atoms with Crippen molar-refractivity contribution in [3.8, 4) is 17.6 Å². The van der Waals surface area contributed by atoms with E-state index in [1.54, 1.807) is 54.0 Å². The van der Waals surface area contributed by atoms with E-state index in [-0.39, 0.29) is 49.9 Å². The Labute approximate surface area is 367 Å². The number of benzene rings is 4. The number of hydrogen-bond acceptors (Lipinski definition) is 12. The zero-order valence-corrected chi connectivity index (χ0v) is 37.1. The maximum Gasteiger partial charge on any atom is 0.408 e. The number of hydrogen-bond donors (Lipinski definition) is 1.